The number of halogens is 2. The van der Waals surface area contributed by atoms with Crippen molar-refractivity contribution in [2.45, 2.75) is 13.5 Å². The van der Waals surface area contributed by atoms with E-state index >= 15 is 0 Å². The second-order valence-corrected chi connectivity index (χ2v) is 3.79. The normalized spacial score (nSPS) is 15.5. The fraction of sp³-hybridized carbons (Fsp3) is 0.167. The number of imide groups is 1. The molecule has 2 rings (SSSR count). The van der Waals surface area contributed by atoms with Crippen molar-refractivity contribution in [2.24, 2.45) is 0 Å². The summed E-state index contributed by atoms with van der Waals surface area (Å²) >= 11 is 0. The molecule has 5 heteroatoms. The molecule has 1 aromatic rings. The third-order valence-electron chi connectivity index (χ3n) is 2.53. The summed E-state index contributed by atoms with van der Waals surface area (Å²) in [7, 11) is 0. The van der Waals surface area contributed by atoms with Gasteiger partial charge in [-0.25, -0.2) is 8.78 Å². The van der Waals surface area contributed by atoms with Gasteiger partial charge in [-0.05, 0) is 13.0 Å². The molecule has 1 heterocycles. The number of rotatable bonds is 2. The van der Waals surface area contributed by atoms with Crippen LogP contribution in [0.15, 0.2) is 29.8 Å². The van der Waals surface area contributed by atoms with Crippen molar-refractivity contribution in [3.05, 3.63) is 47.0 Å². The van der Waals surface area contributed by atoms with Crippen LogP contribution in [-0.2, 0) is 16.1 Å². The highest BCUT2D eigenvalue weighted by molar-refractivity contribution is 6.15. The van der Waals surface area contributed by atoms with E-state index in [-0.39, 0.29) is 12.1 Å². The largest absolute Gasteiger partial charge is 0.271 e. The highest BCUT2D eigenvalue weighted by Gasteiger charge is 2.28. The Hall–Kier alpha value is -2.04. The molecule has 0 radical (unpaired) electrons. The van der Waals surface area contributed by atoms with Crippen molar-refractivity contribution < 1.29 is 18.4 Å². The van der Waals surface area contributed by atoms with Crippen LogP contribution in [-0.4, -0.2) is 16.7 Å². The molecule has 0 unspecified atom stereocenters. The van der Waals surface area contributed by atoms with Gasteiger partial charge in [0.25, 0.3) is 11.8 Å². The quantitative estimate of drug-likeness (QED) is 0.735. The van der Waals surface area contributed by atoms with Gasteiger partial charge in [0.2, 0.25) is 0 Å². The third-order valence-corrected chi connectivity index (χ3v) is 2.53. The standard InChI is InChI=1S/C12H9F2NO2/c1-7-4-11(16)15(12(7)17)6-8-2-3-9(13)5-10(8)14/h2-5H,6H2,1H3. The Morgan fingerprint density at radius 3 is 2.47 bits per heavy atom. The molecule has 17 heavy (non-hydrogen) atoms. The van der Waals surface area contributed by atoms with Crippen LogP contribution < -0.4 is 0 Å². The summed E-state index contributed by atoms with van der Waals surface area (Å²) in [6.45, 7) is 1.33. The highest BCUT2D eigenvalue weighted by atomic mass is 19.1. The van der Waals surface area contributed by atoms with E-state index in [9.17, 15) is 18.4 Å². The van der Waals surface area contributed by atoms with E-state index in [0.29, 0.717) is 5.57 Å². The first kappa shape index (κ1) is 11.4. The second-order valence-electron chi connectivity index (χ2n) is 3.79. The van der Waals surface area contributed by atoms with Crippen LogP contribution in [0.4, 0.5) is 8.78 Å². The van der Waals surface area contributed by atoms with E-state index in [0.717, 1.165) is 17.0 Å². The smallest absolute Gasteiger partial charge is 0.256 e. The van der Waals surface area contributed by atoms with E-state index < -0.39 is 23.4 Å². The zero-order valence-corrected chi connectivity index (χ0v) is 9.04. The molecule has 1 aromatic carbocycles. The van der Waals surface area contributed by atoms with Crippen molar-refractivity contribution in [3.63, 3.8) is 0 Å². The van der Waals surface area contributed by atoms with Crippen LogP contribution in [0.1, 0.15) is 12.5 Å². The summed E-state index contributed by atoms with van der Waals surface area (Å²) in [6, 6.07) is 3.03. The van der Waals surface area contributed by atoms with E-state index in [2.05, 4.69) is 0 Å². The number of hydrogen-bond acceptors (Lipinski definition) is 2. The SMILES string of the molecule is CC1=CC(=O)N(Cc2ccc(F)cc2F)C1=O. The van der Waals surface area contributed by atoms with Crippen molar-refractivity contribution in [1.29, 1.82) is 0 Å². The zero-order valence-electron chi connectivity index (χ0n) is 9.04. The lowest BCUT2D eigenvalue weighted by Crippen LogP contribution is -2.30. The summed E-state index contributed by atoms with van der Waals surface area (Å²) in [6.07, 6.45) is 1.20. The topological polar surface area (TPSA) is 37.4 Å². The van der Waals surface area contributed by atoms with E-state index in [1.807, 2.05) is 0 Å². The van der Waals surface area contributed by atoms with E-state index in [4.69, 9.17) is 0 Å². The Morgan fingerprint density at radius 2 is 1.94 bits per heavy atom. The molecule has 2 amide bonds. The zero-order chi connectivity index (χ0) is 12.6. The molecular formula is C12H9F2NO2. The predicted octanol–water partition coefficient (Wildman–Crippen LogP) is 1.78. The van der Waals surface area contributed by atoms with E-state index in [1.54, 1.807) is 0 Å². The lowest BCUT2D eigenvalue weighted by Gasteiger charge is -2.14. The minimum atomic E-state index is -0.768. The Kier molecular flexibility index (Phi) is 2.75. The summed E-state index contributed by atoms with van der Waals surface area (Å²) in [5.41, 5.74) is 0.425. The number of benzene rings is 1. The van der Waals surface area contributed by atoms with Gasteiger partial charge in [0.1, 0.15) is 11.6 Å². The Balaban J connectivity index is 2.23. The first-order chi connectivity index (χ1) is 7.99. The Labute approximate surface area is 96.3 Å². The fourth-order valence-electron chi connectivity index (χ4n) is 1.61. The molecule has 3 nitrogen and oxygen atoms in total. The maximum absolute atomic E-state index is 13.3. The minimum absolute atomic E-state index is 0.108. The van der Waals surface area contributed by atoms with Crippen molar-refractivity contribution in [3.8, 4) is 0 Å². The lowest BCUT2D eigenvalue weighted by molar-refractivity contribution is -0.137. The maximum Gasteiger partial charge on any atom is 0.256 e. The molecule has 0 saturated carbocycles. The van der Waals surface area contributed by atoms with Gasteiger partial charge >= 0.3 is 0 Å². The summed E-state index contributed by atoms with van der Waals surface area (Å²) in [5, 5.41) is 0. The number of hydrogen-bond donors (Lipinski definition) is 0. The summed E-state index contributed by atoms with van der Waals surface area (Å²) in [4.78, 5) is 23.9. The van der Waals surface area contributed by atoms with E-state index in [1.165, 1.54) is 19.1 Å². The molecule has 1 aliphatic heterocycles. The van der Waals surface area contributed by atoms with Gasteiger partial charge in [-0.2, -0.15) is 0 Å². The molecule has 0 atom stereocenters. The molecule has 0 aromatic heterocycles. The van der Waals surface area contributed by atoms with Crippen molar-refractivity contribution in [1.82, 2.24) is 4.90 Å². The van der Waals surface area contributed by atoms with Gasteiger partial charge in [0.05, 0.1) is 6.54 Å². The summed E-state index contributed by atoms with van der Waals surface area (Å²) < 4.78 is 26.0. The molecule has 1 aliphatic rings. The maximum atomic E-state index is 13.3. The highest BCUT2D eigenvalue weighted by Crippen LogP contribution is 2.18. The minimum Gasteiger partial charge on any atom is -0.271 e. The average molecular weight is 237 g/mol. The Morgan fingerprint density at radius 1 is 1.24 bits per heavy atom. The summed E-state index contributed by atoms with van der Waals surface area (Å²) in [5.74, 6) is -2.38. The van der Waals surface area contributed by atoms with Crippen molar-refractivity contribution >= 4 is 11.8 Å². The fourth-order valence-corrected chi connectivity index (χ4v) is 1.61. The molecule has 0 saturated heterocycles. The van der Waals surface area contributed by atoms with Gasteiger partial charge in [-0.15, -0.1) is 0 Å². The van der Waals surface area contributed by atoms with Gasteiger partial charge in [-0.3, -0.25) is 14.5 Å². The number of amides is 2. The first-order valence-corrected chi connectivity index (χ1v) is 4.97. The monoisotopic (exact) mass is 237 g/mol. The molecule has 0 fully saturated rings. The number of carbonyl (C=O) groups excluding carboxylic acids is 2. The number of carbonyl (C=O) groups is 2. The van der Waals surface area contributed by atoms with Crippen LogP contribution in [0.5, 0.6) is 0 Å². The van der Waals surface area contributed by atoms with Crippen LogP contribution in [0.3, 0.4) is 0 Å². The van der Waals surface area contributed by atoms with Crippen LogP contribution in [0.2, 0.25) is 0 Å². The molecule has 0 spiro atoms. The average Bonchev–Trinajstić information content (AvgIpc) is 2.48. The van der Waals surface area contributed by atoms with Gasteiger partial charge in [0.15, 0.2) is 0 Å². The number of nitrogens with zero attached hydrogens (tertiary/aromatic N) is 1. The second kappa shape index (κ2) is 4.08. The van der Waals surface area contributed by atoms with Crippen molar-refractivity contribution in [2.75, 3.05) is 0 Å². The first-order valence-electron chi connectivity index (χ1n) is 4.97. The van der Waals surface area contributed by atoms with Crippen LogP contribution in [0.25, 0.3) is 0 Å². The predicted molar refractivity (Wildman–Crippen MR) is 55.7 cm³/mol. The third kappa shape index (κ3) is 2.08. The van der Waals surface area contributed by atoms with Gasteiger partial charge in [-0.1, -0.05) is 6.07 Å². The Bertz CT molecular complexity index is 537. The molecule has 0 aliphatic carbocycles. The molecular weight excluding hydrogens is 228 g/mol. The van der Waals surface area contributed by atoms with Gasteiger partial charge in [0, 0.05) is 23.3 Å². The molecule has 88 valence electrons. The van der Waals surface area contributed by atoms with Crippen LogP contribution >= 0.6 is 0 Å². The molecule has 0 bridgehead atoms. The lowest BCUT2D eigenvalue weighted by atomic mass is 10.2. The molecule has 0 N–H and O–H groups in total. The van der Waals surface area contributed by atoms with Gasteiger partial charge < -0.3 is 0 Å². The van der Waals surface area contributed by atoms with Crippen LogP contribution in [0, 0.1) is 11.6 Å².